The van der Waals surface area contributed by atoms with Gasteiger partial charge in [0.2, 0.25) is 5.91 Å². The van der Waals surface area contributed by atoms with E-state index in [9.17, 15) is 9.18 Å². The molecule has 1 aromatic carbocycles. The molecule has 1 amide bonds. The van der Waals surface area contributed by atoms with Crippen LogP contribution in [0.25, 0.3) is 0 Å². The summed E-state index contributed by atoms with van der Waals surface area (Å²) in [5.41, 5.74) is 6.70. The lowest BCUT2D eigenvalue weighted by Gasteiger charge is -2.35. The van der Waals surface area contributed by atoms with Gasteiger partial charge in [-0.05, 0) is 23.1 Å². The summed E-state index contributed by atoms with van der Waals surface area (Å²) in [6, 6.07) is 5.84. The average molecular weight is 337 g/mol. The number of nitrogens with one attached hydrogen (secondary N) is 1. The lowest BCUT2D eigenvalue weighted by Crippen LogP contribution is -2.51. The Kier molecular flexibility index (Phi) is 6.32. The molecule has 1 saturated heterocycles. The molecule has 1 aliphatic rings. The Morgan fingerprint density at radius 1 is 1.29 bits per heavy atom. The van der Waals surface area contributed by atoms with Crippen molar-refractivity contribution in [3.05, 3.63) is 35.6 Å². The maximum absolute atomic E-state index is 13.2. The molecule has 6 heteroatoms. The number of halogens is 1. The molecule has 2 rings (SSSR count). The van der Waals surface area contributed by atoms with Crippen molar-refractivity contribution in [2.24, 2.45) is 11.1 Å². The number of ether oxygens (including phenoxy) is 1. The van der Waals surface area contributed by atoms with Gasteiger partial charge in [0, 0.05) is 19.6 Å². The lowest BCUT2D eigenvalue weighted by molar-refractivity contribution is -0.124. The first-order valence-corrected chi connectivity index (χ1v) is 8.39. The SMILES string of the molecule is CC(C)(C)[C@H](N)C(=O)NCC(c1ccc(F)cc1)N1CCOCC1. The Morgan fingerprint density at radius 3 is 2.42 bits per heavy atom. The van der Waals surface area contributed by atoms with Crippen molar-refractivity contribution >= 4 is 5.91 Å². The first-order valence-electron chi connectivity index (χ1n) is 8.39. The number of morpholine rings is 1. The van der Waals surface area contributed by atoms with Crippen LogP contribution in [0, 0.1) is 11.2 Å². The molecule has 0 aliphatic carbocycles. The van der Waals surface area contributed by atoms with Gasteiger partial charge < -0.3 is 15.8 Å². The van der Waals surface area contributed by atoms with Gasteiger partial charge in [-0.1, -0.05) is 32.9 Å². The molecule has 0 bridgehead atoms. The van der Waals surface area contributed by atoms with Crippen LogP contribution in [-0.4, -0.2) is 49.7 Å². The summed E-state index contributed by atoms with van der Waals surface area (Å²) in [5, 5.41) is 2.96. The minimum absolute atomic E-state index is 0.0226. The van der Waals surface area contributed by atoms with Crippen molar-refractivity contribution in [2.45, 2.75) is 32.9 Å². The van der Waals surface area contributed by atoms with Crippen molar-refractivity contribution in [3.63, 3.8) is 0 Å². The topological polar surface area (TPSA) is 67.6 Å². The van der Waals surface area contributed by atoms with Crippen LogP contribution in [0.4, 0.5) is 4.39 Å². The van der Waals surface area contributed by atoms with Crippen LogP contribution in [-0.2, 0) is 9.53 Å². The predicted octanol–water partition coefficient (Wildman–Crippen LogP) is 1.69. The van der Waals surface area contributed by atoms with Crippen LogP contribution in [0.1, 0.15) is 32.4 Å². The normalized spacial score (nSPS) is 18.9. The summed E-state index contributed by atoms with van der Waals surface area (Å²) < 4.78 is 18.6. The molecule has 1 fully saturated rings. The van der Waals surface area contributed by atoms with Crippen LogP contribution in [0.5, 0.6) is 0 Å². The number of amides is 1. The third kappa shape index (κ3) is 5.00. The zero-order chi connectivity index (χ0) is 17.7. The van der Waals surface area contributed by atoms with Crippen LogP contribution >= 0.6 is 0 Å². The Labute approximate surface area is 143 Å². The highest BCUT2D eigenvalue weighted by Gasteiger charge is 2.29. The molecule has 24 heavy (non-hydrogen) atoms. The van der Waals surface area contributed by atoms with E-state index in [-0.39, 0.29) is 23.2 Å². The second kappa shape index (κ2) is 8.05. The van der Waals surface area contributed by atoms with E-state index in [2.05, 4.69) is 10.2 Å². The number of carbonyl (C=O) groups excluding carboxylic acids is 1. The lowest BCUT2D eigenvalue weighted by atomic mass is 9.87. The van der Waals surface area contributed by atoms with Gasteiger partial charge in [0.05, 0.1) is 25.3 Å². The summed E-state index contributed by atoms with van der Waals surface area (Å²) in [6.07, 6.45) is 0. The number of benzene rings is 1. The van der Waals surface area contributed by atoms with Gasteiger partial charge in [-0.2, -0.15) is 0 Å². The zero-order valence-corrected chi connectivity index (χ0v) is 14.7. The van der Waals surface area contributed by atoms with E-state index in [1.807, 2.05) is 20.8 Å². The first-order chi connectivity index (χ1) is 11.3. The van der Waals surface area contributed by atoms with Gasteiger partial charge in [-0.3, -0.25) is 9.69 Å². The Hall–Kier alpha value is -1.50. The summed E-state index contributed by atoms with van der Waals surface area (Å²) >= 11 is 0. The molecule has 0 aromatic heterocycles. The predicted molar refractivity (Wildman–Crippen MR) is 92.0 cm³/mol. The Bertz CT molecular complexity index is 536. The highest BCUT2D eigenvalue weighted by atomic mass is 19.1. The van der Waals surface area contributed by atoms with Gasteiger partial charge in [-0.25, -0.2) is 4.39 Å². The van der Waals surface area contributed by atoms with E-state index < -0.39 is 6.04 Å². The van der Waals surface area contributed by atoms with Gasteiger partial charge in [0.1, 0.15) is 5.82 Å². The molecule has 0 spiro atoms. The van der Waals surface area contributed by atoms with Crippen molar-refractivity contribution in [1.29, 1.82) is 0 Å². The molecule has 2 atom stereocenters. The average Bonchev–Trinajstić information content (AvgIpc) is 2.56. The van der Waals surface area contributed by atoms with E-state index in [0.29, 0.717) is 19.8 Å². The molecule has 1 aliphatic heterocycles. The second-order valence-electron chi connectivity index (χ2n) is 7.30. The third-order valence-corrected chi connectivity index (χ3v) is 4.43. The van der Waals surface area contributed by atoms with E-state index in [1.165, 1.54) is 12.1 Å². The van der Waals surface area contributed by atoms with Gasteiger partial charge in [0.15, 0.2) is 0 Å². The van der Waals surface area contributed by atoms with Crippen LogP contribution < -0.4 is 11.1 Å². The highest BCUT2D eigenvalue weighted by molar-refractivity contribution is 5.82. The number of hydrogen-bond acceptors (Lipinski definition) is 4. The number of nitrogens with zero attached hydrogens (tertiary/aromatic N) is 1. The minimum Gasteiger partial charge on any atom is -0.379 e. The Balaban J connectivity index is 2.08. The summed E-state index contributed by atoms with van der Waals surface area (Å²) in [4.78, 5) is 14.6. The van der Waals surface area contributed by atoms with E-state index in [1.54, 1.807) is 12.1 Å². The molecule has 3 N–H and O–H groups in total. The smallest absolute Gasteiger partial charge is 0.237 e. The summed E-state index contributed by atoms with van der Waals surface area (Å²) in [6.45, 7) is 9.14. The Morgan fingerprint density at radius 2 is 1.88 bits per heavy atom. The molecule has 5 nitrogen and oxygen atoms in total. The van der Waals surface area contributed by atoms with Crippen molar-refractivity contribution in [1.82, 2.24) is 10.2 Å². The maximum Gasteiger partial charge on any atom is 0.237 e. The summed E-state index contributed by atoms with van der Waals surface area (Å²) in [5.74, 6) is -0.430. The van der Waals surface area contributed by atoms with Gasteiger partial charge in [0.25, 0.3) is 0 Å². The molecule has 1 heterocycles. The molecular formula is C18H28FN3O2. The number of nitrogens with two attached hydrogens (primary N) is 1. The largest absolute Gasteiger partial charge is 0.379 e. The van der Waals surface area contributed by atoms with Crippen LogP contribution in [0.3, 0.4) is 0 Å². The van der Waals surface area contributed by atoms with Gasteiger partial charge >= 0.3 is 0 Å². The van der Waals surface area contributed by atoms with Crippen molar-refractivity contribution in [2.75, 3.05) is 32.8 Å². The van der Waals surface area contributed by atoms with Gasteiger partial charge in [-0.15, -0.1) is 0 Å². The quantitative estimate of drug-likeness (QED) is 0.858. The number of carbonyl (C=O) groups is 1. The second-order valence-corrected chi connectivity index (χ2v) is 7.30. The molecule has 134 valence electrons. The fraction of sp³-hybridized carbons (Fsp3) is 0.611. The molecule has 0 saturated carbocycles. The fourth-order valence-electron chi connectivity index (χ4n) is 2.73. The molecular weight excluding hydrogens is 309 g/mol. The van der Waals surface area contributed by atoms with Crippen LogP contribution in [0.15, 0.2) is 24.3 Å². The number of hydrogen-bond donors (Lipinski definition) is 2. The highest BCUT2D eigenvalue weighted by Crippen LogP contribution is 2.22. The monoisotopic (exact) mass is 337 g/mol. The third-order valence-electron chi connectivity index (χ3n) is 4.43. The van der Waals surface area contributed by atoms with Crippen molar-refractivity contribution in [3.8, 4) is 0 Å². The van der Waals surface area contributed by atoms with E-state index in [4.69, 9.17) is 10.5 Å². The standard InChI is InChI=1S/C18H28FN3O2/c1-18(2,3)16(20)17(23)21-12-15(22-8-10-24-11-9-22)13-4-6-14(19)7-5-13/h4-7,15-16H,8-12,20H2,1-3H3,(H,21,23)/t15?,16-/m1/s1. The first kappa shape index (κ1) is 18.8. The van der Waals surface area contributed by atoms with E-state index >= 15 is 0 Å². The number of rotatable bonds is 5. The summed E-state index contributed by atoms with van der Waals surface area (Å²) in [7, 11) is 0. The van der Waals surface area contributed by atoms with E-state index in [0.717, 1.165) is 18.7 Å². The fourth-order valence-corrected chi connectivity index (χ4v) is 2.73. The zero-order valence-electron chi connectivity index (χ0n) is 14.7. The molecule has 1 aromatic rings. The molecule has 1 unspecified atom stereocenters. The minimum atomic E-state index is -0.573. The maximum atomic E-state index is 13.2. The van der Waals surface area contributed by atoms with Crippen molar-refractivity contribution < 1.29 is 13.9 Å². The van der Waals surface area contributed by atoms with Crippen LogP contribution in [0.2, 0.25) is 0 Å². The molecule has 0 radical (unpaired) electrons.